The van der Waals surface area contributed by atoms with Gasteiger partial charge < -0.3 is 9.47 Å². The van der Waals surface area contributed by atoms with Crippen LogP contribution in [0.2, 0.25) is 0 Å². The van der Waals surface area contributed by atoms with E-state index in [0.717, 1.165) is 39.0 Å². The van der Waals surface area contributed by atoms with Crippen molar-refractivity contribution in [2.45, 2.75) is 6.92 Å². The molecule has 0 spiro atoms. The molecule has 0 heterocycles. The Hall–Kier alpha value is -5.48. The molecule has 0 aromatic heterocycles. The first-order chi connectivity index (χ1) is 20.5. The number of ketones is 2. The first-order valence-electron chi connectivity index (χ1n) is 13.7. The maximum Gasteiger partial charge on any atom is 0.193 e. The van der Waals surface area contributed by atoms with E-state index in [2.05, 4.69) is 0 Å². The van der Waals surface area contributed by atoms with E-state index in [1.165, 1.54) is 0 Å². The van der Waals surface area contributed by atoms with E-state index in [1.54, 1.807) is 31.4 Å². The van der Waals surface area contributed by atoms with Crippen LogP contribution in [0.3, 0.4) is 0 Å². The van der Waals surface area contributed by atoms with E-state index >= 15 is 0 Å². The second kappa shape index (κ2) is 11.6. The summed E-state index contributed by atoms with van der Waals surface area (Å²) >= 11 is 0. The van der Waals surface area contributed by atoms with Crippen LogP contribution in [0.15, 0.2) is 133 Å². The monoisotopic (exact) mass is 548 g/mol. The molecule has 0 unspecified atom stereocenters. The lowest BCUT2D eigenvalue weighted by molar-refractivity contribution is 0.103. The largest absolute Gasteiger partial charge is 0.497 e. The van der Waals surface area contributed by atoms with Gasteiger partial charge in [0.2, 0.25) is 0 Å². The topological polar surface area (TPSA) is 52.6 Å². The third-order valence-electron chi connectivity index (χ3n) is 7.31. The first kappa shape index (κ1) is 26.7. The molecule has 0 fully saturated rings. The fourth-order valence-corrected chi connectivity index (χ4v) is 4.87. The maximum absolute atomic E-state index is 13.1. The third-order valence-corrected chi connectivity index (χ3v) is 7.31. The van der Waals surface area contributed by atoms with Crippen molar-refractivity contribution in [3.05, 3.63) is 161 Å². The molecule has 0 bridgehead atoms. The SMILES string of the molecule is COc1ccc2cc(Oc3ccc(C(=O)c4ccc(-c5ccc(C(=O)c6ccc(C)cc6)cc5)cc4)cc3)ccc2c1. The molecular weight excluding hydrogens is 520 g/mol. The fourth-order valence-electron chi connectivity index (χ4n) is 4.87. The predicted octanol–water partition coefficient (Wildman–Crippen LogP) is 9.08. The molecular formula is C38H28O4. The summed E-state index contributed by atoms with van der Waals surface area (Å²) < 4.78 is 11.3. The number of ether oxygens (including phenoxy) is 2. The summed E-state index contributed by atoms with van der Waals surface area (Å²) in [5, 5.41) is 2.12. The molecule has 6 aromatic carbocycles. The van der Waals surface area contributed by atoms with Gasteiger partial charge in [0.15, 0.2) is 11.6 Å². The number of carbonyl (C=O) groups excluding carboxylic acids is 2. The van der Waals surface area contributed by atoms with Crippen molar-refractivity contribution in [3.8, 4) is 28.4 Å². The average molecular weight is 549 g/mol. The molecule has 0 saturated heterocycles. The van der Waals surface area contributed by atoms with E-state index in [-0.39, 0.29) is 11.6 Å². The van der Waals surface area contributed by atoms with Gasteiger partial charge in [-0.05, 0) is 77.4 Å². The second-order valence-electron chi connectivity index (χ2n) is 10.2. The van der Waals surface area contributed by atoms with Crippen LogP contribution >= 0.6 is 0 Å². The lowest BCUT2D eigenvalue weighted by atomic mass is 9.97. The molecule has 0 atom stereocenters. The van der Waals surface area contributed by atoms with Gasteiger partial charge in [-0.15, -0.1) is 0 Å². The van der Waals surface area contributed by atoms with Crippen LogP contribution in [0.1, 0.15) is 37.4 Å². The Labute approximate surface area is 244 Å². The third kappa shape index (κ3) is 5.70. The highest BCUT2D eigenvalue weighted by molar-refractivity contribution is 6.10. The molecule has 0 radical (unpaired) electrons. The molecule has 0 aliphatic heterocycles. The molecule has 4 nitrogen and oxygen atoms in total. The Kier molecular flexibility index (Phi) is 7.35. The number of hydrogen-bond donors (Lipinski definition) is 0. The Morgan fingerprint density at radius 2 is 0.833 bits per heavy atom. The summed E-state index contributed by atoms with van der Waals surface area (Å²) in [4.78, 5) is 25.9. The minimum Gasteiger partial charge on any atom is -0.497 e. The molecule has 4 heteroatoms. The molecule has 204 valence electrons. The van der Waals surface area contributed by atoms with Crippen molar-refractivity contribution in [2.75, 3.05) is 7.11 Å². The van der Waals surface area contributed by atoms with Crippen molar-refractivity contribution in [1.82, 2.24) is 0 Å². The summed E-state index contributed by atoms with van der Waals surface area (Å²) in [6.45, 7) is 2.00. The molecule has 0 N–H and O–H groups in total. The number of carbonyl (C=O) groups is 2. The molecule has 6 rings (SSSR count). The van der Waals surface area contributed by atoms with Gasteiger partial charge in [-0.25, -0.2) is 0 Å². The lowest BCUT2D eigenvalue weighted by Gasteiger charge is -2.09. The van der Waals surface area contributed by atoms with Gasteiger partial charge >= 0.3 is 0 Å². The number of benzene rings is 6. The van der Waals surface area contributed by atoms with Crippen LogP contribution < -0.4 is 9.47 Å². The number of methoxy groups -OCH3 is 1. The van der Waals surface area contributed by atoms with Crippen LogP contribution in [0, 0.1) is 6.92 Å². The van der Waals surface area contributed by atoms with Crippen molar-refractivity contribution >= 4 is 22.3 Å². The fraction of sp³-hybridized carbons (Fsp3) is 0.0526. The first-order valence-corrected chi connectivity index (χ1v) is 13.7. The predicted molar refractivity (Wildman–Crippen MR) is 167 cm³/mol. The van der Waals surface area contributed by atoms with Crippen LogP contribution in [0.5, 0.6) is 17.2 Å². The standard InChI is InChI=1S/C38H28O4/c1-25-3-5-28(6-4-25)37(39)29-11-7-26(8-12-29)27-9-13-30(14-10-27)38(40)31-15-19-34(20-16-31)42-36-22-18-32-23-35(41-2)21-17-33(32)24-36/h3-24H,1-2H3. The molecule has 42 heavy (non-hydrogen) atoms. The highest BCUT2D eigenvalue weighted by Gasteiger charge is 2.12. The van der Waals surface area contributed by atoms with Gasteiger partial charge in [0.05, 0.1) is 7.11 Å². The van der Waals surface area contributed by atoms with Crippen molar-refractivity contribution in [1.29, 1.82) is 0 Å². The molecule has 0 aliphatic carbocycles. The highest BCUT2D eigenvalue weighted by Crippen LogP contribution is 2.29. The normalized spacial score (nSPS) is 10.8. The zero-order valence-electron chi connectivity index (χ0n) is 23.3. The summed E-state index contributed by atoms with van der Waals surface area (Å²) in [6, 6.07) is 41.6. The van der Waals surface area contributed by atoms with Crippen LogP contribution in [-0.2, 0) is 0 Å². The van der Waals surface area contributed by atoms with Gasteiger partial charge in [0.25, 0.3) is 0 Å². The summed E-state index contributed by atoms with van der Waals surface area (Å²) in [5.74, 6) is 2.12. The summed E-state index contributed by atoms with van der Waals surface area (Å²) in [5.41, 5.74) is 5.56. The van der Waals surface area contributed by atoms with E-state index in [4.69, 9.17) is 9.47 Å². The zero-order chi connectivity index (χ0) is 29.1. The quantitative estimate of drug-likeness (QED) is 0.178. The zero-order valence-corrected chi connectivity index (χ0v) is 23.3. The average Bonchev–Trinajstić information content (AvgIpc) is 3.05. The summed E-state index contributed by atoms with van der Waals surface area (Å²) in [6.07, 6.45) is 0. The maximum atomic E-state index is 13.1. The van der Waals surface area contributed by atoms with Crippen molar-refractivity contribution in [3.63, 3.8) is 0 Å². The van der Waals surface area contributed by atoms with E-state index < -0.39 is 0 Å². The number of fused-ring (bicyclic) bond motifs is 1. The highest BCUT2D eigenvalue weighted by atomic mass is 16.5. The van der Waals surface area contributed by atoms with E-state index in [1.807, 2.05) is 116 Å². The van der Waals surface area contributed by atoms with Gasteiger partial charge in [-0.2, -0.15) is 0 Å². The minimum atomic E-state index is -0.0632. The molecule has 0 amide bonds. The Morgan fingerprint density at radius 3 is 1.31 bits per heavy atom. The second-order valence-corrected chi connectivity index (χ2v) is 10.2. The Bertz CT molecular complexity index is 1880. The van der Waals surface area contributed by atoms with Crippen molar-refractivity contribution in [2.24, 2.45) is 0 Å². The number of rotatable bonds is 8. The molecule has 6 aromatic rings. The van der Waals surface area contributed by atoms with E-state index in [0.29, 0.717) is 28.0 Å². The van der Waals surface area contributed by atoms with Gasteiger partial charge in [0, 0.05) is 22.3 Å². The van der Waals surface area contributed by atoms with Crippen LogP contribution in [-0.4, -0.2) is 18.7 Å². The van der Waals surface area contributed by atoms with Gasteiger partial charge in [0.1, 0.15) is 17.2 Å². The van der Waals surface area contributed by atoms with Gasteiger partial charge in [-0.3, -0.25) is 9.59 Å². The smallest absolute Gasteiger partial charge is 0.193 e. The number of aryl methyl sites for hydroxylation is 1. The Balaban J connectivity index is 1.11. The van der Waals surface area contributed by atoms with Gasteiger partial charge in [-0.1, -0.05) is 90.5 Å². The summed E-state index contributed by atoms with van der Waals surface area (Å²) in [7, 11) is 1.65. The lowest BCUT2D eigenvalue weighted by Crippen LogP contribution is -2.01. The van der Waals surface area contributed by atoms with Crippen LogP contribution in [0.4, 0.5) is 0 Å². The van der Waals surface area contributed by atoms with Crippen LogP contribution in [0.25, 0.3) is 21.9 Å². The minimum absolute atomic E-state index is 0.00257. The van der Waals surface area contributed by atoms with E-state index in [9.17, 15) is 9.59 Å². The molecule has 0 saturated carbocycles. The molecule has 0 aliphatic rings. The Morgan fingerprint density at radius 1 is 0.452 bits per heavy atom. The van der Waals surface area contributed by atoms with Crippen molar-refractivity contribution < 1.29 is 19.1 Å². The number of hydrogen-bond acceptors (Lipinski definition) is 4.